The zero-order chi connectivity index (χ0) is 18.4. The number of carbonyl (C=O) groups excluding carboxylic acids is 2. The lowest BCUT2D eigenvalue weighted by Crippen LogP contribution is -2.64. The van der Waals surface area contributed by atoms with Crippen LogP contribution in [0, 0.1) is 0 Å². The number of hydrogen-bond acceptors (Lipinski definition) is 6. The molecule has 1 N–H and O–H groups in total. The molecule has 1 aromatic heterocycles. The van der Waals surface area contributed by atoms with Crippen LogP contribution in [0.15, 0.2) is 28.8 Å². The maximum absolute atomic E-state index is 12.9. The molecule has 2 aromatic rings. The Balaban J connectivity index is 1.29. The Bertz CT molecular complexity index is 874. The molecule has 3 aliphatic rings. The van der Waals surface area contributed by atoms with Gasteiger partial charge in [0.05, 0.1) is 0 Å². The topological polar surface area (TPSA) is 91.6 Å². The van der Waals surface area contributed by atoms with Crippen molar-refractivity contribution in [2.45, 2.75) is 24.8 Å². The molecule has 5 rings (SSSR count). The maximum atomic E-state index is 12.9. The Morgan fingerprint density at radius 2 is 1.96 bits per heavy atom. The molecule has 3 heterocycles. The normalized spacial score (nSPS) is 23.0. The van der Waals surface area contributed by atoms with Gasteiger partial charge in [-0.25, -0.2) is 0 Å². The minimum Gasteiger partial charge on any atom is -0.353 e. The molecule has 8 heteroatoms. The number of amides is 2. The fourth-order valence-corrected chi connectivity index (χ4v) is 3.75. The monoisotopic (exact) mass is 367 g/mol. The van der Waals surface area contributed by atoms with Crippen LogP contribution < -0.4 is 5.32 Å². The largest absolute Gasteiger partial charge is 0.353 e. The zero-order valence-corrected chi connectivity index (χ0v) is 14.9. The van der Waals surface area contributed by atoms with Gasteiger partial charge in [-0.3, -0.25) is 14.5 Å². The molecule has 2 aliphatic heterocycles. The van der Waals surface area contributed by atoms with Gasteiger partial charge in [0.15, 0.2) is 0 Å². The number of hydrogen-bond donors (Lipinski definition) is 1. The summed E-state index contributed by atoms with van der Waals surface area (Å²) in [6, 6.07) is 7.03. The van der Waals surface area contributed by atoms with Crippen LogP contribution in [0.4, 0.5) is 0 Å². The van der Waals surface area contributed by atoms with Gasteiger partial charge in [-0.05, 0) is 25.0 Å². The van der Waals surface area contributed by atoms with E-state index in [1.54, 1.807) is 17.0 Å². The van der Waals surface area contributed by atoms with Crippen molar-refractivity contribution in [1.82, 2.24) is 25.3 Å². The summed E-state index contributed by atoms with van der Waals surface area (Å²) in [6.07, 6.45) is 2.22. The first kappa shape index (κ1) is 16.4. The number of benzene rings is 1. The summed E-state index contributed by atoms with van der Waals surface area (Å²) < 4.78 is 5.30. The predicted octanol–water partition coefficient (Wildman–Crippen LogP) is 0.870. The lowest BCUT2D eigenvalue weighted by molar-refractivity contribution is -0.131. The van der Waals surface area contributed by atoms with Gasteiger partial charge in [0, 0.05) is 49.8 Å². The van der Waals surface area contributed by atoms with Crippen LogP contribution in [0.25, 0.3) is 11.4 Å². The molecule has 1 saturated carbocycles. The van der Waals surface area contributed by atoms with E-state index in [0.717, 1.165) is 31.5 Å². The summed E-state index contributed by atoms with van der Waals surface area (Å²) >= 11 is 0. The van der Waals surface area contributed by atoms with E-state index in [0.29, 0.717) is 42.8 Å². The molecule has 140 valence electrons. The second-order valence-corrected chi connectivity index (χ2v) is 7.40. The number of fused-ring (bicyclic) bond motifs is 1. The van der Waals surface area contributed by atoms with Gasteiger partial charge >= 0.3 is 0 Å². The SMILES string of the molecule is O=C1NCCN2CCN(C(=O)c3ccc(-c4noc(C5CC5)n4)cc3)C[C@H]12. The molecule has 1 aliphatic carbocycles. The molecule has 27 heavy (non-hydrogen) atoms. The van der Waals surface area contributed by atoms with E-state index >= 15 is 0 Å². The molecule has 0 unspecified atom stereocenters. The summed E-state index contributed by atoms with van der Waals surface area (Å²) in [7, 11) is 0. The highest BCUT2D eigenvalue weighted by atomic mass is 16.5. The molecule has 1 atom stereocenters. The number of aromatic nitrogens is 2. The van der Waals surface area contributed by atoms with E-state index in [9.17, 15) is 9.59 Å². The van der Waals surface area contributed by atoms with Crippen molar-refractivity contribution in [1.29, 1.82) is 0 Å². The van der Waals surface area contributed by atoms with E-state index in [1.165, 1.54) is 0 Å². The molecule has 3 fully saturated rings. The molecule has 8 nitrogen and oxygen atoms in total. The molecule has 1 aromatic carbocycles. The van der Waals surface area contributed by atoms with Crippen molar-refractivity contribution in [2.75, 3.05) is 32.7 Å². The minimum atomic E-state index is -0.240. The highest BCUT2D eigenvalue weighted by Crippen LogP contribution is 2.39. The van der Waals surface area contributed by atoms with E-state index in [-0.39, 0.29) is 17.9 Å². The first-order valence-corrected chi connectivity index (χ1v) is 9.44. The standard InChI is InChI=1S/C19H21N5O3/c25-17-15-11-24(10-9-23(15)8-7-20-17)19(26)14-5-1-12(2-6-14)16-21-18(27-22-16)13-3-4-13/h1-2,5-6,13,15H,3-4,7-11H2,(H,20,25)/t15-/m1/s1. The quantitative estimate of drug-likeness (QED) is 0.866. The minimum absolute atomic E-state index is 0.0117. The lowest BCUT2D eigenvalue weighted by atomic mass is 10.1. The fourth-order valence-electron chi connectivity index (χ4n) is 3.75. The number of piperazine rings is 2. The summed E-state index contributed by atoms with van der Waals surface area (Å²) in [4.78, 5) is 33.3. The van der Waals surface area contributed by atoms with Gasteiger partial charge in [0.2, 0.25) is 17.6 Å². The Morgan fingerprint density at radius 1 is 1.15 bits per heavy atom. The van der Waals surface area contributed by atoms with Crippen molar-refractivity contribution >= 4 is 11.8 Å². The van der Waals surface area contributed by atoms with Crippen molar-refractivity contribution in [3.63, 3.8) is 0 Å². The van der Waals surface area contributed by atoms with E-state index in [2.05, 4.69) is 20.4 Å². The highest BCUT2D eigenvalue weighted by molar-refractivity contribution is 5.95. The van der Waals surface area contributed by atoms with Crippen LogP contribution in [-0.4, -0.2) is 70.5 Å². The Labute approximate surface area is 156 Å². The van der Waals surface area contributed by atoms with Crippen molar-refractivity contribution in [3.8, 4) is 11.4 Å². The van der Waals surface area contributed by atoms with E-state index < -0.39 is 0 Å². The zero-order valence-electron chi connectivity index (χ0n) is 14.9. The van der Waals surface area contributed by atoms with Gasteiger partial charge in [0.1, 0.15) is 6.04 Å². The Kier molecular flexibility index (Phi) is 3.93. The number of rotatable bonds is 3. The second kappa shape index (κ2) is 6.45. The van der Waals surface area contributed by atoms with Gasteiger partial charge in [0.25, 0.3) is 5.91 Å². The smallest absolute Gasteiger partial charge is 0.253 e. The summed E-state index contributed by atoms with van der Waals surface area (Å²) in [6.45, 7) is 3.33. The summed E-state index contributed by atoms with van der Waals surface area (Å²) in [5.74, 6) is 1.64. The van der Waals surface area contributed by atoms with Crippen LogP contribution in [0.1, 0.15) is 35.0 Å². The number of nitrogens with zero attached hydrogens (tertiary/aromatic N) is 4. The molecule has 0 radical (unpaired) electrons. The van der Waals surface area contributed by atoms with Gasteiger partial charge in [-0.1, -0.05) is 17.3 Å². The highest BCUT2D eigenvalue weighted by Gasteiger charge is 2.36. The van der Waals surface area contributed by atoms with Crippen molar-refractivity contribution < 1.29 is 14.1 Å². The molecule has 2 saturated heterocycles. The second-order valence-electron chi connectivity index (χ2n) is 7.40. The van der Waals surface area contributed by atoms with Crippen LogP contribution in [0.3, 0.4) is 0 Å². The third kappa shape index (κ3) is 3.10. The van der Waals surface area contributed by atoms with Crippen LogP contribution in [0.2, 0.25) is 0 Å². The lowest BCUT2D eigenvalue weighted by Gasteiger charge is -2.43. The Hall–Kier alpha value is -2.74. The molecular formula is C19H21N5O3. The van der Waals surface area contributed by atoms with Crippen molar-refractivity contribution in [2.24, 2.45) is 0 Å². The number of nitrogens with one attached hydrogen (secondary N) is 1. The first-order chi connectivity index (χ1) is 13.2. The Morgan fingerprint density at radius 3 is 2.74 bits per heavy atom. The van der Waals surface area contributed by atoms with Crippen LogP contribution >= 0.6 is 0 Å². The first-order valence-electron chi connectivity index (χ1n) is 9.44. The van der Waals surface area contributed by atoms with Crippen LogP contribution in [-0.2, 0) is 4.79 Å². The van der Waals surface area contributed by atoms with Gasteiger partial charge < -0.3 is 14.7 Å². The average Bonchev–Trinajstić information content (AvgIpc) is 3.44. The molecule has 0 bridgehead atoms. The third-order valence-corrected chi connectivity index (χ3v) is 5.54. The van der Waals surface area contributed by atoms with Crippen LogP contribution in [0.5, 0.6) is 0 Å². The maximum Gasteiger partial charge on any atom is 0.253 e. The van der Waals surface area contributed by atoms with Crippen molar-refractivity contribution in [3.05, 3.63) is 35.7 Å². The summed E-state index contributed by atoms with van der Waals surface area (Å²) in [5, 5.41) is 6.91. The molecular weight excluding hydrogens is 346 g/mol. The van der Waals surface area contributed by atoms with E-state index in [1.807, 2.05) is 12.1 Å². The number of carbonyl (C=O) groups is 2. The molecule has 2 amide bonds. The fraction of sp³-hybridized carbons (Fsp3) is 0.474. The average molecular weight is 367 g/mol. The molecule has 0 spiro atoms. The van der Waals surface area contributed by atoms with E-state index in [4.69, 9.17) is 4.52 Å². The summed E-state index contributed by atoms with van der Waals surface area (Å²) in [5.41, 5.74) is 1.44. The third-order valence-electron chi connectivity index (χ3n) is 5.54. The van der Waals surface area contributed by atoms with Gasteiger partial charge in [-0.2, -0.15) is 4.98 Å². The predicted molar refractivity (Wildman–Crippen MR) is 96.0 cm³/mol. The van der Waals surface area contributed by atoms with Gasteiger partial charge in [-0.15, -0.1) is 0 Å².